The van der Waals surface area contributed by atoms with Crippen molar-refractivity contribution in [2.75, 3.05) is 12.4 Å². The van der Waals surface area contributed by atoms with E-state index in [-0.39, 0.29) is 17.3 Å². The molecule has 0 aliphatic carbocycles. The Morgan fingerprint density at radius 3 is 2.74 bits per heavy atom. The topological polar surface area (TPSA) is 97.0 Å². The van der Waals surface area contributed by atoms with Crippen LogP contribution in [-0.4, -0.2) is 33.9 Å². The molecule has 3 rings (SSSR count). The van der Waals surface area contributed by atoms with E-state index in [1.54, 1.807) is 18.2 Å². The van der Waals surface area contributed by atoms with Crippen molar-refractivity contribution in [3.8, 4) is 0 Å². The van der Waals surface area contributed by atoms with Crippen LogP contribution in [0.1, 0.15) is 15.9 Å². The Labute approximate surface area is 129 Å². The van der Waals surface area contributed by atoms with Gasteiger partial charge in [0.05, 0.1) is 18.1 Å². The molecule has 2 N–H and O–H groups in total. The molecule has 0 fully saturated rings. The lowest BCUT2D eigenvalue weighted by molar-refractivity contribution is 0.103. The van der Waals surface area contributed by atoms with Gasteiger partial charge in [-0.2, -0.15) is 4.39 Å². The summed E-state index contributed by atoms with van der Waals surface area (Å²) in [4.78, 5) is 33.9. The average molecular weight is 314 g/mol. The number of methoxy groups -OCH3 is 1. The maximum Gasteiger partial charge on any atom is 0.413 e. The number of anilines is 1. The Morgan fingerprint density at radius 2 is 2.00 bits per heavy atom. The van der Waals surface area contributed by atoms with Crippen LogP contribution in [0.15, 0.2) is 36.5 Å². The number of nitrogens with zero attached hydrogens (tertiary/aromatic N) is 2. The largest absolute Gasteiger partial charge is 0.453 e. The summed E-state index contributed by atoms with van der Waals surface area (Å²) in [5.41, 5.74) is 1.67. The van der Waals surface area contributed by atoms with Crippen LogP contribution in [0.2, 0.25) is 0 Å². The number of benzene rings is 1. The monoisotopic (exact) mass is 314 g/mol. The highest BCUT2D eigenvalue weighted by Crippen LogP contribution is 2.18. The van der Waals surface area contributed by atoms with E-state index in [0.717, 1.165) is 6.07 Å². The quantitative estimate of drug-likeness (QED) is 0.572. The van der Waals surface area contributed by atoms with E-state index in [0.29, 0.717) is 16.6 Å². The summed E-state index contributed by atoms with van der Waals surface area (Å²) < 4.78 is 17.6. The number of halogens is 1. The molecule has 8 heteroatoms. The normalized spacial score (nSPS) is 10.5. The molecular weight excluding hydrogens is 303 g/mol. The van der Waals surface area contributed by atoms with Gasteiger partial charge in [-0.15, -0.1) is 0 Å². The van der Waals surface area contributed by atoms with Gasteiger partial charge in [0.2, 0.25) is 11.9 Å². The molecule has 23 heavy (non-hydrogen) atoms. The Balaban J connectivity index is 1.93. The Morgan fingerprint density at radius 1 is 1.22 bits per heavy atom. The standard InChI is InChI=1S/C15H11FN4O3/c1-23-15(22)20-14-18-10-3-2-8(6-11(10)19-14)13(21)9-4-5-17-12(16)7-9/h2-7H,1H3,(H2,18,19,20,22). The lowest BCUT2D eigenvalue weighted by atomic mass is 10.0. The van der Waals surface area contributed by atoms with Crippen LogP contribution in [0.25, 0.3) is 11.0 Å². The molecule has 0 aliphatic rings. The van der Waals surface area contributed by atoms with Crippen LogP contribution in [0.5, 0.6) is 0 Å². The Hall–Kier alpha value is -3.29. The summed E-state index contributed by atoms with van der Waals surface area (Å²) in [5.74, 6) is -0.861. The second kappa shape index (κ2) is 5.84. The molecule has 0 radical (unpaired) electrons. The number of aromatic nitrogens is 3. The van der Waals surface area contributed by atoms with E-state index in [1.807, 2.05) is 0 Å². The van der Waals surface area contributed by atoms with Crippen LogP contribution in [0.4, 0.5) is 15.1 Å². The van der Waals surface area contributed by atoms with Crippen LogP contribution >= 0.6 is 0 Å². The number of carbonyl (C=O) groups is 2. The molecule has 0 saturated carbocycles. The van der Waals surface area contributed by atoms with E-state index < -0.39 is 12.0 Å². The number of ether oxygens (including phenoxy) is 1. The third kappa shape index (κ3) is 3.00. The maximum absolute atomic E-state index is 13.1. The zero-order valence-electron chi connectivity index (χ0n) is 12.0. The molecular formula is C15H11FN4O3. The van der Waals surface area contributed by atoms with Gasteiger partial charge in [-0.1, -0.05) is 0 Å². The minimum absolute atomic E-state index is 0.198. The van der Waals surface area contributed by atoms with Crippen molar-refractivity contribution in [1.29, 1.82) is 0 Å². The second-order valence-corrected chi connectivity index (χ2v) is 4.63. The average Bonchev–Trinajstić information content (AvgIpc) is 2.95. The molecule has 3 aromatic rings. The predicted octanol–water partition coefficient (Wildman–Crippen LogP) is 2.51. The van der Waals surface area contributed by atoms with Gasteiger partial charge in [0.15, 0.2) is 5.78 Å². The molecule has 0 atom stereocenters. The summed E-state index contributed by atoms with van der Waals surface area (Å²) in [6.45, 7) is 0. The number of rotatable bonds is 3. The maximum atomic E-state index is 13.1. The third-order valence-corrected chi connectivity index (χ3v) is 3.14. The highest BCUT2D eigenvalue weighted by molar-refractivity contribution is 6.10. The number of nitrogens with one attached hydrogen (secondary N) is 2. The molecule has 2 heterocycles. The summed E-state index contributed by atoms with van der Waals surface area (Å²) in [6, 6.07) is 7.28. The van der Waals surface area contributed by atoms with E-state index in [9.17, 15) is 14.0 Å². The summed E-state index contributed by atoms with van der Waals surface area (Å²) in [5, 5.41) is 2.40. The van der Waals surface area contributed by atoms with Crippen LogP contribution in [0, 0.1) is 5.95 Å². The van der Waals surface area contributed by atoms with Crippen LogP contribution in [0.3, 0.4) is 0 Å². The Kier molecular flexibility index (Phi) is 3.71. The van der Waals surface area contributed by atoms with Crippen molar-refractivity contribution < 1.29 is 18.7 Å². The summed E-state index contributed by atoms with van der Waals surface area (Å²) in [6.07, 6.45) is 0.572. The molecule has 0 saturated heterocycles. The third-order valence-electron chi connectivity index (χ3n) is 3.14. The zero-order chi connectivity index (χ0) is 16.4. The van der Waals surface area contributed by atoms with Crippen molar-refractivity contribution in [3.05, 3.63) is 53.6 Å². The number of H-pyrrole nitrogens is 1. The van der Waals surface area contributed by atoms with Gasteiger partial charge in [-0.25, -0.2) is 14.8 Å². The zero-order valence-corrected chi connectivity index (χ0v) is 12.0. The van der Waals surface area contributed by atoms with Crippen molar-refractivity contribution >= 4 is 28.9 Å². The fourth-order valence-corrected chi connectivity index (χ4v) is 2.07. The summed E-state index contributed by atoms with van der Waals surface area (Å²) in [7, 11) is 1.24. The van der Waals surface area contributed by atoms with Gasteiger partial charge < -0.3 is 9.72 Å². The molecule has 0 aliphatic heterocycles. The van der Waals surface area contributed by atoms with E-state index >= 15 is 0 Å². The minimum Gasteiger partial charge on any atom is -0.453 e. The van der Waals surface area contributed by atoms with Crippen molar-refractivity contribution in [3.63, 3.8) is 0 Å². The number of pyridine rings is 1. The van der Waals surface area contributed by atoms with Crippen molar-refractivity contribution in [1.82, 2.24) is 15.0 Å². The number of amides is 1. The number of ketones is 1. The fourth-order valence-electron chi connectivity index (χ4n) is 2.07. The first kappa shape index (κ1) is 14.6. The molecule has 1 aromatic carbocycles. The minimum atomic E-state index is -0.719. The number of fused-ring (bicyclic) bond motifs is 1. The smallest absolute Gasteiger partial charge is 0.413 e. The molecule has 0 bridgehead atoms. The van der Waals surface area contributed by atoms with Gasteiger partial charge in [-0.05, 0) is 24.3 Å². The van der Waals surface area contributed by atoms with Crippen LogP contribution in [-0.2, 0) is 4.74 Å². The van der Waals surface area contributed by atoms with Crippen molar-refractivity contribution in [2.45, 2.75) is 0 Å². The molecule has 0 spiro atoms. The van der Waals surface area contributed by atoms with Gasteiger partial charge in [-0.3, -0.25) is 10.1 Å². The van der Waals surface area contributed by atoms with E-state index in [2.05, 4.69) is 25.0 Å². The lowest BCUT2D eigenvalue weighted by Crippen LogP contribution is -2.11. The molecule has 0 unspecified atom stereocenters. The van der Waals surface area contributed by atoms with Crippen LogP contribution < -0.4 is 5.32 Å². The van der Waals surface area contributed by atoms with Gasteiger partial charge in [0, 0.05) is 23.4 Å². The van der Waals surface area contributed by atoms with Crippen molar-refractivity contribution in [2.24, 2.45) is 0 Å². The molecule has 1 amide bonds. The number of carbonyl (C=O) groups excluding carboxylic acids is 2. The SMILES string of the molecule is COC(=O)Nc1nc2ccc(C(=O)c3ccnc(F)c3)cc2[nH]1. The van der Waals surface area contributed by atoms with E-state index in [1.165, 1.54) is 19.4 Å². The molecule has 7 nitrogen and oxygen atoms in total. The molecule has 2 aromatic heterocycles. The first-order chi connectivity index (χ1) is 11.1. The van der Waals surface area contributed by atoms with Gasteiger partial charge in [0.1, 0.15) is 0 Å². The predicted molar refractivity (Wildman–Crippen MR) is 79.7 cm³/mol. The Bertz CT molecular complexity index is 907. The number of imidazole rings is 1. The van der Waals surface area contributed by atoms with E-state index in [4.69, 9.17) is 0 Å². The lowest BCUT2D eigenvalue weighted by Gasteiger charge is -2.01. The highest BCUT2D eigenvalue weighted by atomic mass is 19.1. The number of aromatic amines is 1. The van der Waals surface area contributed by atoms with Gasteiger partial charge >= 0.3 is 6.09 Å². The second-order valence-electron chi connectivity index (χ2n) is 4.63. The molecule has 116 valence electrons. The number of hydrogen-bond donors (Lipinski definition) is 2. The fraction of sp³-hybridized carbons (Fsp3) is 0.0667. The highest BCUT2D eigenvalue weighted by Gasteiger charge is 2.13. The first-order valence-electron chi connectivity index (χ1n) is 6.58. The number of hydrogen-bond acceptors (Lipinski definition) is 5. The summed E-state index contributed by atoms with van der Waals surface area (Å²) >= 11 is 0. The first-order valence-corrected chi connectivity index (χ1v) is 6.58. The van der Waals surface area contributed by atoms with Gasteiger partial charge in [0.25, 0.3) is 0 Å².